The summed E-state index contributed by atoms with van der Waals surface area (Å²) in [6.07, 6.45) is 3.92. The second-order valence-corrected chi connectivity index (χ2v) is 6.85. The van der Waals surface area contributed by atoms with Gasteiger partial charge >= 0.3 is 0 Å². The molecule has 4 atom stereocenters. The van der Waals surface area contributed by atoms with Crippen molar-refractivity contribution in [3.05, 3.63) is 11.6 Å². The van der Waals surface area contributed by atoms with Gasteiger partial charge in [-0.3, -0.25) is 9.59 Å². The highest BCUT2D eigenvalue weighted by Crippen LogP contribution is 2.60. The fourth-order valence-electron chi connectivity index (χ4n) is 4.42. The molecule has 0 spiro atoms. The number of carbonyl (C=O) groups is 2. The fraction of sp³-hybridized carbons (Fsp3) is 0.733. The molecule has 0 heterocycles. The van der Waals surface area contributed by atoms with Gasteiger partial charge in [-0.25, -0.2) is 0 Å². The van der Waals surface area contributed by atoms with Crippen LogP contribution in [0.3, 0.4) is 0 Å². The Kier molecular flexibility index (Phi) is 3.22. The van der Waals surface area contributed by atoms with Gasteiger partial charge in [0.1, 0.15) is 6.29 Å². The van der Waals surface area contributed by atoms with E-state index < -0.39 is 17.1 Å². The second-order valence-electron chi connectivity index (χ2n) is 6.85. The maximum absolute atomic E-state index is 11.5. The Labute approximate surface area is 113 Å². The van der Waals surface area contributed by atoms with E-state index in [4.69, 9.17) is 0 Å². The number of aliphatic hydroxyl groups excluding tert-OH is 1. The molecule has 0 radical (unpaired) electrons. The Hall–Kier alpha value is -1.00. The molecule has 2 aliphatic rings. The van der Waals surface area contributed by atoms with Crippen molar-refractivity contribution in [2.75, 3.05) is 0 Å². The molecule has 4 nitrogen and oxygen atoms in total. The van der Waals surface area contributed by atoms with Gasteiger partial charge in [0.15, 0.2) is 11.9 Å². The number of carbonyl (C=O) groups excluding carboxylic acids is 2. The molecule has 2 N–H and O–H groups in total. The lowest BCUT2D eigenvalue weighted by molar-refractivity contribution is -0.174. The molecule has 1 fully saturated rings. The highest BCUT2D eigenvalue weighted by molar-refractivity contribution is 5.88. The maximum atomic E-state index is 11.5. The third-order valence-corrected chi connectivity index (χ3v) is 5.35. The maximum Gasteiger partial charge on any atom is 0.156 e. The molecular weight excluding hydrogens is 244 g/mol. The molecule has 4 heteroatoms. The van der Waals surface area contributed by atoms with E-state index in [-0.39, 0.29) is 16.9 Å². The highest BCUT2D eigenvalue weighted by atomic mass is 16.3. The summed E-state index contributed by atoms with van der Waals surface area (Å²) in [5.74, 6) is -0.243. The van der Waals surface area contributed by atoms with Crippen LogP contribution in [0.25, 0.3) is 0 Å². The van der Waals surface area contributed by atoms with Crippen molar-refractivity contribution < 1.29 is 19.8 Å². The van der Waals surface area contributed by atoms with Gasteiger partial charge in [-0.2, -0.15) is 0 Å². The first kappa shape index (κ1) is 14.4. The van der Waals surface area contributed by atoms with Gasteiger partial charge < -0.3 is 10.2 Å². The van der Waals surface area contributed by atoms with Crippen LogP contribution in [0.2, 0.25) is 0 Å². The molecule has 0 amide bonds. The predicted octanol–water partition coefficient (Wildman–Crippen LogP) is 1.25. The van der Waals surface area contributed by atoms with Crippen molar-refractivity contribution >= 4 is 12.6 Å². The van der Waals surface area contributed by atoms with E-state index in [0.29, 0.717) is 19.0 Å². The standard InChI is InChI=1S/C15H22O4/c1-13(2)5-4-6-14(3)12(13)11(18)7-10(8-16)15(14,19)9-17/h7-9,11-12,18-19H,4-6H2,1-3H3/t11-,12-,14+,15-/m1/s1. The Morgan fingerprint density at radius 1 is 1.26 bits per heavy atom. The normalized spacial score (nSPS) is 45.0. The Bertz CT molecular complexity index is 439. The largest absolute Gasteiger partial charge is 0.389 e. The van der Waals surface area contributed by atoms with E-state index in [0.717, 1.165) is 12.8 Å². The minimum absolute atomic E-state index is 0.00792. The lowest BCUT2D eigenvalue weighted by Crippen LogP contribution is -2.64. The fourth-order valence-corrected chi connectivity index (χ4v) is 4.42. The van der Waals surface area contributed by atoms with Crippen molar-refractivity contribution in [2.24, 2.45) is 16.7 Å². The predicted molar refractivity (Wildman–Crippen MR) is 70.4 cm³/mol. The molecule has 19 heavy (non-hydrogen) atoms. The third kappa shape index (κ3) is 1.73. The van der Waals surface area contributed by atoms with Crippen LogP contribution in [0.4, 0.5) is 0 Å². The van der Waals surface area contributed by atoms with Crippen molar-refractivity contribution in [2.45, 2.75) is 51.7 Å². The van der Waals surface area contributed by atoms with Gasteiger partial charge in [0.05, 0.1) is 6.10 Å². The average molecular weight is 266 g/mol. The van der Waals surface area contributed by atoms with E-state index in [2.05, 4.69) is 0 Å². The van der Waals surface area contributed by atoms with Crippen molar-refractivity contribution in [3.8, 4) is 0 Å². The molecule has 0 aromatic heterocycles. The first-order valence-electron chi connectivity index (χ1n) is 6.77. The number of aldehydes is 2. The zero-order chi connectivity index (χ0) is 14.5. The summed E-state index contributed by atoms with van der Waals surface area (Å²) >= 11 is 0. The van der Waals surface area contributed by atoms with Gasteiger partial charge in [0.25, 0.3) is 0 Å². The number of aliphatic hydroxyl groups is 2. The molecule has 2 rings (SSSR count). The quantitative estimate of drug-likeness (QED) is 0.738. The van der Waals surface area contributed by atoms with E-state index in [1.165, 1.54) is 6.08 Å². The number of fused-ring (bicyclic) bond motifs is 1. The number of hydrogen-bond donors (Lipinski definition) is 2. The Balaban J connectivity index is 2.66. The molecule has 0 saturated heterocycles. The molecule has 0 aromatic carbocycles. The minimum atomic E-state index is -1.80. The number of hydrogen-bond acceptors (Lipinski definition) is 4. The first-order chi connectivity index (χ1) is 8.73. The zero-order valence-electron chi connectivity index (χ0n) is 11.7. The monoisotopic (exact) mass is 266 g/mol. The summed E-state index contributed by atoms with van der Waals surface area (Å²) in [5, 5.41) is 21.1. The molecule has 0 bridgehead atoms. The molecule has 2 aliphatic carbocycles. The lowest BCUT2D eigenvalue weighted by Gasteiger charge is -2.59. The van der Waals surface area contributed by atoms with Gasteiger partial charge in [-0.05, 0) is 24.3 Å². The summed E-state index contributed by atoms with van der Waals surface area (Å²) in [5.41, 5.74) is -2.79. The van der Waals surface area contributed by atoms with Crippen molar-refractivity contribution in [3.63, 3.8) is 0 Å². The Morgan fingerprint density at radius 3 is 2.42 bits per heavy atom. The van der Waals surface area contributed by atoms with Crippen LogP contribution in [0.15, 0.2) is 11.6 Å². The smallest absolute Gasteiger partial charge is 0.156 e. The van der Waals surface area contributed by atoms with Crippen LogP contribution in [0, 0.1) is 16.7 Å². The van der Waals surface area contributed by atoms with Gasteiger partial charge in [0.2, 0.25) is 0 Å². The van der Waals surface area contributed by atoms with Crippen molar-refractivity contribution in [1.29, 1.82) is 0 Å². The molecule has 0 aromatic rings. The molecule has 1 saturated carbocycles. The summed E-state index contributed by atoms with van der Waals surface area (Å²) in [6.45, 7) is 5.90. The highest BCUT2D eigenvalue weighted by Gasteiger charge is 2.62. The van der Waals surface area contributed by atoms with Crippen LogP contribution in [-0.4, -0.2) is 34.5 Å². The van der Waals surface area contributed by atoms with E-state index >= 15 is 0 Å². The van der Waals surface area contributed by atoms with Gasteiger partial charge in [-0.15, -0.1) is 0 Å². The molecular formula is C15H22O4. The van der Waals surface area contributed by atoms with E-state index in [9.17, 15) is 19.8 Å². The molecule has 0 unspecified atom stereocenters. The summed E-state index contributed by atoms with van der Waals surface area (Å²) in [7, 11) is 0. The molecule has 106 valence electrons. The molecule has 0 aliphatic heterocycles. The topological polar surface area (TPSA) is 74.6 Å². The minimum Gasteiger partial charge on any atom is -0.389 e. The summed E-state index contributed by atoms with van der Waals surface area (Å²) in [6, 6.07) is 0. The van der Waals surface area contributed by atoms with Crippen LogP contribution < -0.4 is 0 Å². The van der Waals surface area contributed by atoms with Crippen LogP contribution in [-0.2, 0) is 9.59 Å². The van der Waals surface area contributed by atoms with Crippen LogP contribution in [0.1, 0.15) is 40.0 Å². The van der Waals surface area contributed by atoms with E-state index in [1.807, 2.05) is 20.8 Å². The van der Waals surface area contributed by atoms with Gasteiger partial charge in [0, 0.05) is 16.9 Å². The zero-order valence-corrected chi connectivity index (χ0v) is 11.7. The summed E-state index contributed by atoms with van der Waals surface area (Å²) < 4.78 is 0. The number of rotatable bonds is 2. The second kappa shape index (κ2) is 4.25. The lowest BCUT2D eigenvalue weighted by atomic mass is 9.46. The Morgan fingerprint density at radius 2 is 1.89 bits per heavy atom. The first-order valence-corrected chi connectivity index (χ1v) is 6.77. The third-order valence-electron chi connectivity index (χ3n) is 5.35. The summed E-state index contributed by atoms with van der Waals surface area (Å²) in [4.78, 5) is 22.7. The SMILES string of the molecule is CC1(C)CCC[C@@]2(C)[C@@H]1[C@H](O)C=C(C=O)[C@]2(O)C=O. The van der Waals surface area contributed by atoms with Crippen LogP contribution in [0.5, 0.6) is 0 Å². The van der Waals surface area contributed by atoms with E-state index in [1.54, 1.807) is 0 Å². The van der Waals surface area contributed by atoms with Gasteiger partial charge in [-0.1, -0.05) is 27.2 Å². The van der Waals surface area contributed by atoms with Crippen LogP contribution >= 0.6 is 0 Å². The van der Waals surface area contributed by atoms with Crippen molar-refractivity contribution in [1.82, 2.24) is 0 Å². The average Bonchev–Trinajstić information content (AvgIpc) is 2.32.